The third-order valence-corrected chi connectivity index (χ3v) is 3.63. The minimum absolute atomic E-state index is 0.364. The van der Waals surface area contributed by atoms with E-state index in [0.717, 1.165) is 41.1 Å². The van der Waals surface area contributed by atoms with E-state index in [-0.39, 0.29) is 0 Å². The molecular formula is C14H14N4O. The average molecular weight is 254 g/mol. The topological polar surface area (TPSA) is 66.7 Å². The van der Waals surface area contributed by atoms with Crippen LogP contribution in [0.5, 0.6) is 0 Å². The number of imidazole rings is 1. The second kappa shape index (κ2) is 4.20. The van der Waals surface area contributed by atoms with Gasteiger partial charge in [-0.2, -0.15) is 0 Å². The van der Waals surface area contributed by atoms with Gasteiger partial charge in [0.25, 0.3) is 0 Å². The normalized spacial score (nSPS) is 19.3. The summed E-state index contributed by atoms with van der Waals surface area (Å²) >= 11 is 0. The lowest BCUT2D eigenvalue weighted by Gasteiger charge is -2.05. The van der Waals surface area contributed by atoms with Crippen LogP contribution in [0.15, 0.2) is 35.2 Å². The van der Waals surface area contributed by atoms with Crippen LogP contribution in [0.4, 0.5) is 0 Å². The number of H-pyrrole nitrogens is 1. The SMILES string of the molecule is c1nc2ccc(-c3cnc(C4CCCN4)[nH]3)cc2o1. The van der Waals surface area contributed by atoms with E-state index in [1.54, 1.807) is 0 Å². The van der Waals surface area contributed by atoms with Crippen molar-refractivity contribution >= 4 is 11.1 Å². The van der Waals surface area contributed by atoms with Crippen LogP contribution in [0, 0.1) is 0 Å². The maximum absolute atomic E-state index is 5.33. The van der Waals surface area contributed by atoms with Gasteiger partial charge in [0, 0.05) is 5.56 Å². The van der Waals surface area contributed by atoms with Crippen molar-refractivity contribution in [1.82, 2.24) is 20.3 Å². The molecule has 2 N–H and O–H groups in total. The molecule has 1 aromatic carbocycles. The Morgan fingerprint density at radius 1 is 1.26 bits per heavy atom. The van der Waals surface area contributed by atoms with E-state index in [4.69, 9.17) is 4.42 Å². The molecule has 3 heterocycles. The van der Waals surface area contributed by atoms with Gasteiger partial charge in [0.05, 0.1) is 17.9 Å². The Hall–Kier alpha value is -2.14. The number of aromatic nitrogens is 3. The van der Waals surface area contributed by atoms with E-state index >= 15 is 0 Å². The van der Waals surface area contributed by atoms with E-state index < -0.39 is 0 Å². The fraction of sp³-hybridized carbons (Fsp3) is 0.286. The van der Waals surface area contributed by atoms with Crippen molar-refractivity contribution in [2.24, 2.45) is 0 Å². The summed E-state index contributed by atoms with van der Waals surface area (Å²) in [7, 11) is 0. The van der Waals surface area contributed by atoms with Crippen LogP contribution < -0.4 is 5.32 Å². The zero-order valence-corrected chi connectivity index (χ0v) is 10.4. The highest BCUT2D eigenvalue weighted by molar-refractivity contribution is 5.78. The van der Waals surface area contributed by atoms with Gasteiger partial charge >= 0.3 is 0 Å². The molecule has 19 heavy (non-hydrogen) atoms. The van der Waals surface area contributed by atoms with Crippen molar-refractivity contribution in [3.05, 3.63) is 36.6 Å². The summed E-state index contributed by atoms with van der Waals surface area (Å²) in [4.78, 5) is 12.0. The van der Waals surface area contributed by atoms with Gasteiger partial charge in [-0.25, -0.2) is 9.97 Å². The van der Waals surface area contributed by atoms with Gasteiger partial charge in [-0.3, -0.25) is 0 Å². The third-order valence-electron chi connectivity index (χ3n) is 3.63. The van der Waals surface area contributed by atoms with Crippen molar-refractivity contribution < 1.29 is 4.42 Å². The highest BCUT2D eigenvalue weighted by Gasteiger charge is 2.19. The Bertz CT molecular complexity index is 709. The highest BCUT2D eigenvalue weighted by Crippen LogP contribution is 2.26. The van der Waals surface area contributed by atoms with Crippen molar-refractivity contribution in [2.75, 3.05) is 6.54 Å². The quantitative estimate of drug-likeness (QED) is 0.737. The third kappa shape index (κ3) is 1.82. The van der Waals surface area contributed by atoms with Crippen molar-refractivity contribution in [3.63, 3.8) is 0 Å². The molecular weight excluding hydrogens is 240 g/mol. The summed E-state index contributed by atoms with van der Waals surface area (Å²) < 4.78 is 5.33. The fourth-order valence-corrected chi connectivity index (χ4v) is 2.60. The zero-order chi connectivity index (χ0) is 12.7. The minimum atomic E-state index is 0.364. The number of oxazole rings is 1. The van der Waals surface area contributed by atoms with Gasteiger partial charge in [0.2, 0.25) is 0 Å². The highest BCUT2D eigenvalue weighted by atomic mass is 16.3. The molecule has 1 fully saturated rings. The number of rotatable bonds is 2. The van der Waals surface area contributed by atoms with Crippen LogP contribution in [-0.4, -0.2) is 21.5 Å². The molecule has 0 aliphatic carbocycles. The van der Waals surface area contributed by atoms with Crippen molar-refractivity contribution in [1.29, 1.82) is 0 Å². The van der Waals surface area contributed by atoms with E-state index in [1.165, 1.54) is 12.8 Å². The van der Waals surface area contributed by atoms with Gasteiger partial charge < -0.3 is 14.7 Å². The lowest BCUT2D eigenvalue weighted by atomic mass is 10.1. The Labute approximate surface area is 110 Å². The Morgan fingerprint density at radius 3 is 3.16 bits per heavy atom. The molecule has 0 saturated carbocycles. The van der Waals surface area contributed by atoms with Gasteiger partial charge in [0.1, 0.15) is 11.3 Å². The molecule has 0 bridgehead atoms. The molecule has 0 spiro atoms. The number of fused-ring (bicyclic) bond motifs is 1. The lowest BCUT2D eigenvalue weighted by Crippen LogP contribution is -2.14. The van der Waals surface area contributed by atoms with Crippen molar-refractivity contribution in [2.45, 2.75) is 18.9 Å². The first-order chi connectivity index (χ1) is 9.40. The van der Waals surface area contributed by atoms with Crippen molar-refractivity contribution in [3.8, 4) is 11.3 Å². The molecule has 96 valence electrons. The largest absolute Gasteiger partial charge is 0.443 e. The number of aromatic amines is 1. The standard InChI is InChI=1S/C14H14N4O/c1-2-11(15-5-1)14-16-7-12(18-14)9-3-4-10-13(6-9)19-8-17-10/h3-4,6-8,11,15H,1-2,5H2,(H,16,18). The molecule has 5 nitrogen and oxygen atoms in total. The lowest BCUT2D eigenvalue weighted by molar-refractivity contribution is 0.602. The summed E-state index contributed by atoms with van der Waals surface area (Å²) in [5.41, 5.74) is 3.76. The molecule has 4 rings (SSSR count). The maximum atomic E-state index is 5.33. The van der Waals surface area contributed by atoms with E-state index in [1.807, 2.05) is 24.4 Å². The Morgan fingerprint density at radius 2 is 2.26 bits per heavy atom. The number of hydrogen-bond donors (Lipinski definition) is 2. The maximum Gasteiger partial charge on any atom is 0.181 e. The second-order valence-corrected chi connectivity index (χ2v) is 4.87. The molecule has 3 aromatic rings. The molecule has 1 unspecified atom stereocenters. The predicted molar refractivity (Wildman–Crippen MR) is 71.6 cm³/mol. The molecule has 1 aliphatic heterocycles. The second-order valence-electron chi connectivity index (χ2n) is 4.87. The van der Waals surface area contributed by atoms with E-state index in [0.29, 0.717) is 6.04 Å². The summed E-state index contributed by atoms with van der Waals surface area (Å²) in [5.74, 6) is 1.02. The summed E-state index contributed by atoms with van der Waals surface area (Å²) in [5, 5.41) is 3.44. The molecule has 0 amide bonds. The summed E-state index contributed by atoms with van der Waals surface area (Å²) in [6.45, 7) is 1.07. The van der Waals surface area contributed by atoms with Gasteiger partial charge in [0.15, 0.2) is 12.0 Å². The number of benzene rings is 1. The average Bonchev–Trinajstić information content (AvgIpc) is 3.18. The summed E-state index contributed by atoms with van der Waals surface area (Å²) in [6.07, 6.45) is 5.71. The Balaban J connectivity index is 1.70. The first kappa shape index (κ1) is 10.8. The van der Waals surface area contributed by atoms with Crippen LogP contribution in [0.1, 0.15) is 24.7 Å². The molecule has 5 heteroatoms. The monoisotopic (exact) mass is 254 g/mol. The fourth-order valence-electron chi connectivity index (χ4n) is 2.60. The van der Waals surface area contributed by atoms with E-state index in [2.05, 4.69) is 20.3 Å². The first-order valence-electron chi connectivity index (χ1n) is 6.52. The van der Waals surface area contributed by atoms with Gasteiger partial charge in [-0.1, -0.05) is 6.07 Å². The zero-order valence-electron chi connectivity index (χ0n) is 10.4. The van der Waals surface area contributed by atoms with Gasteiger partial charge in [-0.05, 0) is 31.5 Å². The first-order valence-corrected chi connectivity index (χ1v) is 6.52. The molecule has 1 aliphatic rings. The smallest absolute Gasteiger partial charge is 0.181 e. The Kier molecular flexibility index (Phi) is 2.38. The minimum Gasteiger partial charge on any atom is -0.443 e. The number of hydrogen-bond acceptors (Lipinski definition) is 4. The summed E-state index contributed by atoms with van der Waals surface area (Å²) in [6, 6.07) is 6.34. The van der Waals surface area contributed by atoms with Gasteiger partial charge in [-0.15, -0.1) is 0 Å². The predicted octanol–water partition coefficient (Wildman–Crippen LogP) is 2.64. The molecule has 2 aromatic heterocycles. The van der Waals surface area contributed by atoms with Crippen LogP contribution >= 0.6 is 0 Å². The number of nitrogens with zero attached hydrogens (tertiary/aromatic N) is 2. The molecule has 1 atom stereocenters. The van der Waals surface area contributed by atoms with Crippen LogP contribution in [0.3, 0.4) is 0 Å². The van der Waals surface area contributed by atoms with Crippen LogP contribution in [0.2, 0.25) is 0 Å². The van der Waals surface area contributed by atoms with Crippen LogP contribution in [-0.2, 0) is 0 Å². The molecule has 0 radical (unpaired) electrons. The van der Waals surface area contributed by atoms with Crippen LogP contribution in [0.25, 0.3) is 22.4 Å². The molecule has 1 saturated heterocycles. The number of nitrogens with one attached hydrogen (secondary N) is 2. The van der Waals surface area contributed by atoms with E-state index in [9.17, 15) is 0 Å².